The topological polar surface area (TPSA) is 134 Å². The number of esters is 1. The average molecular weight is 346 g/mol. The molecular formula is C15H14N4O6. The van der Waals surface area contributed by atoms with Gasteiger partial charge in [0.25, 0.3) is 11.6 Å². The van der Waals surface area contributed by atoms with Crippen molar-refractivity contribution in [2.45, 2.75) is 6.92 Å². The molecule has 2 aromatic rings. The number of aromatic nitrogens is 2. The average Bonchev–Trinajstić information content (AvgIpc) is 2.60. The molecule has 0 saturated carbocycles. The molecule has 1 amide bonds. The highest BCUT2D eigenvalue weighted by molar-refractivity contribution is 5.95. The van der Waals surface area contributed by atoms with Crippen molar-refractivity contribution in [3.05, 3.63) is 52.1 Å². The molecule has 0 radical (unpaired) electrons. The molecule has 0 aliphatic heterocycles. The van der Waals surface area contributed by atoms with Crippen molar-refractivity contribution in [3.63, 3.8) is 0 Å². The minimum Gasteiger partial charge on any atom is -0.494 e. The number of nitrogens with zero attached hydrogens (tertiary/aromatic N) is 3. The number of hydrogen-bond donors (Lipinski definition) is 1. The summed E-state index contributed by atoms with van der Waals surface area (Å²) in [7, 11) is 1.31. The molecule has 130 valence electrons. The second-order valence-corrected chi connectivity index (χ2v) is 4.81. The number of carbonyl (C=O) groups excluding carboxylic acids is 2. The van der Waals surface area contributed by atoms with Crippen LogP contribution in [0.1, 0.15) is 16.2 Å². The number of carbonyl (C=O) groups is 2. The van der Waals surface area contributed by atoms with E-state index in [9.17, 15) is 19.7 Å². The lowest BCUT2D eigenvalue weighted by Crippen LogP contribution is -2.21. The van der Waals surface area contributed by atoms with Crippen LogP contribution in [0.15, 0.2) is 30.6 Å². The van der Waals surface area contributed by atoms with Gasteiger partial charge in [-0.15, -0.1) is 0 Å². The molecule has 10 nitrogen and oxygen atoms in total. The highest BCUT2D eigenvalue weighted by atomic mass is 16.6. The van der Waals surface area contributed by atoms with Crippen LogP contribution >= 0.6 is 0 Å². The molecule has 0 saturated heterocycles. The van der Waals surface area contributed by atoms with Crippen molar-refractivity contribution >= 4 is 23.3 Å². The Hall–Kier alpha value is -3.56. The molecule has 0 aliphatic rings. The zero-order valence-corrected chi connectivity index (χ0v) is 13.4. The molecule has 1 aromatic heterocycles. The number of ether oxygens (including phenoxy) is 2. The summed E-state index contributed by atoms with van der Waals surface area (Å²) in [5, 5.41) is 13.2. The molecule has 0 fully saturated rings. The molecular weight excluding hydrogens is 332 g/mol. The summed E-state index contributed by atoms with van der Waals surface area (Å²) in [6.07, 6.45) is 2.65. The molecule has 2 rings (SSSR count). The normalized spacial score (nSPS) is 10.0. The third-order valence-electron chi connectivity index (χ3n) is 2.99. The molecule has 0 spiro atoms. The third-order valence-corrected chi connectivity index (χ3v) is 2.99. The van der Waals surface area contributed by atoms with E-state index in [0.29, 0.717) is 5.69 Å². The SMILES string of the molecule is COc1cc([N+](=O)[O-])ccc1NC(=O)COC(=O)c1cnc(C)cn1. The lowest BCUT2D eigenvalue weighted by Gasteiger charge is -2.10. The second kappa shape index (κ2) is 7.81. The summed E-state index contributed by atoms with van der Waals surface area (Å²) >= 11 is 0. The Labute approximate surface area is 142 Å². The van der Waals surface area contributed by atoms with Crippen LogP contribution in [-0.2, 0) is 9.53 Å². The van der Waals surface area contributed by atoms with E-state index < -0.39 is 23.4 Å². The highest BCUT2D eigenvalue weighted by Crippen LogP contribution is 2.28. The summed E-state index contributed by atoms with van der Waals surface area (Å²) in [6, 6.07) is 3.71. The molecule has 0 aliphatic carbocycles. The van der Waals surface area contributed by atoms with E-state index in [1.165, 1.54) is 37.7 Å². The van der Waals surface area contributed by atoms with Crippen LogP contribution in [0.25, 0.3) is 0 Å². The fourth-order valence-electron chi connectivity index (χ4n) is 1.79. The highest BCUT2D eigenvalue weighted by Gasteiger charge is 2.15. The second-order valence-electron chi connectivity index (χ2n) is 4.81. The van der Waals surface area contributed by atoms with Crippen molar-refractivity contribution in [3.8, 4) is 5.75 Å². The smallest absolute Gasteiger partial charge is 0.359 e. The van der Waals surface area contributed by atoms with Gasteiger partial charge in [-0.2, -0.15) is 0 Å². The van der Waals surface area contributed by atoms with Crippen LogP contribution in [-0.4, -0.2) is 40.5 Å². The van der Waals surface area contributed by atoms with Crippen molar-refractivity contribution in [2.75, 3.05) is 19.0 Å². The van der Waals surface area contributed by atoms with Gasteiger partial charge < -0.3 is 14.8 Å². The zero-order valence-electron chi connectivity index (χ0n) is 13.4. The zero-order chi connectivity index (χ0) is 18.4. The fourth-order valence-corrected chi connectivity index (χ4v) is 1.79. The van der Waals surface area contributed by atoms with Crippen LogP contribution in [0.4, 0.5) is 11.4 Å². The Morgan fingerprint density at radius 3 is 2.64 bits per heavy atom. The van der Waals surface area contributed by atoms with Crippen molar-refractivity contribution < 1.29 is 24.0 Å². The van der Waals surface area contributed by atoms with Crippen molar-refractivity contribution in [1.29, 1.82) is 0 Å². The summed E-state index contributed by atoms with van der Waals surface area (Å²) < 4.78 is 9.83. The minimum absolute atomic E-state index is 0.0219. The summed E-state index contributed by atoms with van der Waals surface area (Å²) in [6.45, 7) is 1.15. The lowest BCUT2D eigenvalue weighted by molar-refractivity contribution is -0.384. The first-order valence-electron chi connectivity index (χ1n) is 6.98. The Morgan fingerprint density at radius 2 is 2.04 bits per heavy atom. The van der Waals surface area contributed by atoms with E-state index in [-0.39, 0.29) is 22.8 Å². The number of hydrogen-bond acceptors (Lipinski definition) is 8. The first kappa shape index (κ1) is 17.8. The van der Waals surface area contributed by atoms with E-state index >= 15 is 0 Å². The van der Waals surface area contributed by atoms with Crippen LogP contribution in [0.5, 0.6) is 5.75 Å². The maximum Gasteiger partial charge on any atom is 0.359 e. The number of amides is 1. The van der Waals surface area contributed by atoms with E-state index in [1.807, 2.05) is 0 Å². The Balaban J connectivity index is 1.97. The van der Waals surface area contributed by atoms with Gasteiger partial charge in [-0.25, -0.2) is 9.78 Å². The summed E-state index contributed by atoms with van der Waals surface area (Å²) in [5.74, 6) is -1.32. The van der Waals surface area contributed by atoms with Gasteiger partial charge >= 0.3 is 5.97 Å². The standard InChI is InChI=1S/C15H14N4O6/c1-9-6-17-12(7-16-9)15(21)25-8-14(20)18-11-4-3-10(19(22)23)5-13(11)24-2/h3-7H,8H2,1-2H3,(H,18,20). The number of methoxy groups -OCH3 is 1. The van der Waals surface area contributed by atoms with Crippen molar-refractivity contribution in [2.24, 2.45) is 0 Å². The number of nitrogens with one attached hydrogen (secondary N) is 1. The Morgan fingerprint density at radius 1 is 1.28 bits per heavy atom. The van der Waals surface area contributed by atoms with Crippen LogP contribution in [0, 0.1) is 17.0 Å². The predicted octanol–water partition coefficient (Wildman–Crippen LogP) is 1.50. The van der Waals surface area contributed by atoms with Gasteiger partial charge in [0.2, 0.25) is 0 Å². The van der Waals surface area contributed by atoms with E-state index in [2.05, 4.69) is 15.3 Å². The maximum atomic E-state index is 11.9. The van der Waals surface area contributed by atoms with Crippen molar-refractivity contribution in [1.82, 2.24) is 9.97 Å². The molecule has 0 bridgehead atoms. The van der Waals surface area contributed by atoms with Crippen LogP contribution < -0.4 is 10.1 Å². The molecule has 25 heavy (non-hydrogen) atoms. The van der Waals surface area contributed by atoms with Crippen LogP contribution in [0.3, 0.4) is 0 Å². The summed E-state index contributed by atoms with van der Waals surface area (Å²) in [4.78, 5) is 41.5. The fraction of sp³-hybridized carbons (Fsp3) is 0.200. The van der Waals surface area contributed by atoms with E-state index in [4.69, 9.17) is 9.47 Å². The van der Waals surface area contributed by atoms with Gasteiger partial charge in [-0.05, 0) is 13.0 Å². The molecule has 1 heterocycles. The first-order valence-corrected chi connectivity index (χ1v) is 6.98. The van der Waals surface area contributed by atoms with Crippen LogP contribution in [0.2, 0.25) is 0 Å². The van der Waals surface area contributed by atoms with Gasteiger partial charge in [0.15, 0.2) is 12.3 Å². The number of rotatable bonds is 6. The molecule has 10 heteroatoms. The van der Waals surface area contributed by atoms with E-state index in [1.54, 1.807) is 6.92 Å². The predicted molar refractivity (Wildman–Crippen MR) is 85.3 cm³/mol. The number of anilines is 1. The number of nitro benzene ring substituents is 1. The number of benzene rings is 1. The van der Waals surface area contributed by atoms with Gasteiger partial charge in [0.05, 0.1) is 35.7 Å². The Kier molecular flexibility index (Phi) is 5.56. The summed E-state index contributed by atoms with van der Waals surface area (Å²) in [5.41, 5.74) is 0.648. The quantitative estimate of drug-likeness (QED) is 0.472. The monoisotopic (exact) mass is 346 g/mol. The largest absolute Gasteiger partial charge is 0.494 e. The molecule has 1 aromatic carbocycles. The Bertz CT molecular complexity index is 806. The molecule has 0 unspecified atom stereocenters. The van der Waals surface area contributed by atoms with Gasteiger partial charge in [0, 0.05) is 12.3 Å². The molecule has 1 N–H and O–H groups in total. The van der Waals surface area contributed by atoms with Gasteiger partial charge in [0.1, 0.15) is 5.75 Å². The van der Waals surface area contributed by atoms with Gasteiger partial charge in [-0.3, -0.25) is 19.9 Å². The minimum atomic E-state index is -0.793. The third kappa shape index (κ3) is 4.70. The first-order chi connectivity index (χ1) is 11.9. The van der Waals surface area contributed by atoms with E-state index in [0.717, 1.165) is 0 Å². The maximum absolute atomic E-state index is 11.9. The lowest BCUT2D eigenvalue weighted by atomic mass is 10.2. The number of nitro groups is 1. The van der Waals surface area contributed by atoms with Gasteiger partial charge in [-0.1, -0.05) is 0 Å². The number of non-ortho nitro benzene ring substituents is 1. The molecule has 0 atom stereocenters. The number of aryl methyl sites for hydroxylation is 1.